The molecule has 2 aromatic heterocycles. The molecule has 3 heterocycles. The zero-order valence-corrected chi connectivity index (χ0v) is 11.0. The van der Waals surface area contributed by atoms with Crippen LogP contribution < -0.4 is 5.32 Å². The van der Waals surface area contributed by atoms with Crippen molar-refractivity contribution in [1.82, 2.24) is 15.3 Å². The van der Waals surface area contributed by atoms with Gasteiger partial charge in [0.05, 0.1) is 0 Å². The maximum atomic E-state index is 4.26. The second-order valence-electron chi connectivity index (χ2n) is 5.46. The number of nitrogens with zero attached hydrogens (tertiary/aromatic N) is 1. The molecular weight excluding hydrogens is 278 g/mol. The maximum Gasteiger partial charge on any atom is 0.108 e. The number of hydrogen-bond acceptors (Lipinski definition) is 2. The van der Waals surface area contributed by atoms with Crippen molar-refractivity contribution < 1.29 is 0 Å². The summed E-state index contributed by atoms with van der Waals surface area (Å²) >= 11 is 3.41. The van der Waals surface area contributed by atoms with Gasteiger partial charge in [0.1, 0.15) is 4.60 Å². The summed E-state index contributed by atoms with van der Waals surface area (Å²) in [6, 6.07) is 4.78. The molecule has 0 bridgehead atoms. The number of pyridine rings is 1. The van der Waals surface area contributed by atoms with Gasteiger partial charge in [-0.25, -0.2) is 4.98 Å². The zero-order valence-electron chi connectivity index (χ0n) is 9.46. The second-order valence-corrected chi connectivity index (χ2v) is 6.27. The first-order valence-electron chi connectivity index (χ1n) is 6.12. The molecule has 1 atom stereocenters. The van der Waals surface area contributed by atoms with Gasteiger partial charge in [0, 0.05) is 35.4 Å². The van der Waals surface area contributed by atoms with Crippen LogP contribution in [0.5, 0.6) is 0 Å². The van der Waals surface area contributed by atoms with E-state index in [0.717, 1.165) is 4.60 Å². The first-order valence-corrected chi connectivity index (χ1v) is 6.91. The molecule has 1 aliphatic carbocycles. The monoisotopic (exact) mass is 291 g/mol. The summed E-state index contributed by atoms with van der Waals surface area (Å²) in [4.78, 5) is 7.78. The Bertz CT molecular complexity index is 585. The standard InChI is InChI=1S/C13H14BrN3/c14-12-4-9-8(6-15-12)3-10(17-9)11-5-13(1-2-13)7-16-11/h3-4,6,11,16-17H,1-2,5,7H2. The molecule has 2 aromatic rings. The summed E-state index contributed by atoms with van der Waals surface area (Å²) in [6.45, 7) is 1.19. The van der Waals surface area contributed by atoms with Crippen molar-refractivity contribution in [3.63, 3.8) is 0 Å². The molecule has 88 valence electrons. The number of rotatable bonds is 1. The molecule has 4 rings (SSSR count). The molecule has 2 fully saturated rings. The van der Waals surface area contributed by atoms with Gasteiger partial charge >= 0.3 is 0 Å². The number of H-pyrrole nitrogens is 1. The van der Waals surface area contributed by atoms with Crippen LogP contribution >= 0.6 is 15.9 Å². The predicted molar refractivity (Wildman–Crippen MR) is 70.8 cm³/mol. The molecule has 1 saturated heterocycles. The van der Waals surface area contributed by atoms with E-state index in [1.54, 1.807) is 0 Å². The van der Waals surface area contributed by atoms with E-state index in [-0.39, 0.29) is 0 Å². The minimum absolute atomic E-state index is 0.503. The lowest BCUT2D eigenvalue weighted by Crippen LogP contribution is -2.14. The van der Waals surface area contributed by atoms with Crippen molar-refractivity contribution in [2.75, 3.05) is 6.54 Å². The highest BCUT2D eigenvalue weighted by Crippen LogP contribution is 2.54. The van der Waals surface area contributed by atoms with E-state index in [1.807, 2.05) is 12.3 Å². The zero-order chi connectivity index (χ0) is 11.5. The van der Waals surface area contributed by atoms with E-state index in [0.29, 0.717) is 11.5 Å². The van der Waals surface area contributed by atoms with Crippen molar-refractivity contribution in [3.8, 4) is 0 Å². The SMILES string of the molecule is Brc1cc2[nH]c(C3CC4(CC4)CN3)cc2cn1. The smallest absolute Gasteiger partial charge is 0.108 e. The second kappa shape index (κ2) is 3.33. The highest BCUT2D eigenvalue weighted by molar-refractivity contribution is 9.10. The minimum atomic E-state index is 0.503. The highest BCUT2D eigenvalue weighted by Gasteiger charge is 2.48. The number of hydrogen-bond donors (Lipinski definition) is 2. The van der Waals surface area contributed by atoms with Crippen LogP contribution in [0, 0.1) is 5.41 Å². The van der Waals surface area contributed by atoms with Crippen LogP contribution in [-0.2, 0) is 0 Å². The summed E-state index contributed by atoms with van der Waals surface area (Å²) in [5.41, 5.74) is 3.12. The largest absolute Gasteiger partial charge is 0.357 e. The van der Waals surface area contributed by atoms with Crippen molar-refractivity contribution in [3.05, 3.63) is 28.6 Å². The predicted octanol–water partition coefficient (Wildman–Crippen LogP) is 3.14. The van der Waals surface area contributed by atoms with Crippen LogP contribution in [0.25, 0.3) is 10.9 Å². The topological polar surface area (TPSA) is 40.7 Å². The molecular formula is C13H14BrN3. The van der Waals surface area contributed by atoms with Crippen molar-refractivity contribution in [2.24, 2.45) is 5.41 Å². The fourth-order valence-electron chi connectivity index (χ4n) is 2.91. The Kier molecular flexibility index (Phi) is 1.97. The summed E-state index contributed by atoms with van der Waals surface area (Å²) in [5.74, 6) is 0. The molecule has 1 unspecified atom stereocenters. The number of fused-ring (bicyclic) bond motifs is 1. The lowest BCUT2D eigenvalue weighted by Gasteiger charge is -2.07. The maximum absolute atomic E-state index is 4.26. The van der Waals surface area contributed by atoms with Gasteiger partial charge < -0.3 is 10.3 Å². The molecule has 1 aliphatic heterocycles. The van der Waals surface area contributed by atoms with Crippen LogP contribution in [0.3, 0.4) is 0 Å². The first kappa shape index (κ1) is 10.1. The van der Waals surface area contributed by atoms with Crippen molar-refractivity contribution >= 4 is 26.8 Å². The summed E-state index contributed by atoms with van der Waals surface area (Å²) in [5, 5.41) is 4.83. The summed E-state index contributed by atoms with van der Waals surface area (Å²) in [7, 11) is 0. The lowest BCUT2D eigenvalue weighted by molar-refractivity contribution is 0.549. The summed E-state index contributed by atoms with van der Waals surface area (Å²) < 4.78 is 0.886. The average molecular weight is 292 g/mol. The molecule has 2 N–H and O–H groups in total. The van der Waals surface area contributed by atoms with Crippen LogP contribution in [0.1, 0.15) is 31.0 Å². The van der Waals surface area contributed by atoms with E-state index in [2.05, 4.69) is 37.3 Å². The number of halogens is 1. The van der Waals surface area contributed by atoms with Gasteiger partial charge in [-0.05, 0) is 52.7 Å². The summed E-state index contributed by atoms with van der Waals surface area (Å²) in [6.07, 6.45) is 6.02. The Morgan fingerprint density at radius 3 is 3.00 bits per heavy atom. The van der Waals surface area contributed by atoms with Gasteiger partial charge in [-0.1, -0.05) is 0 Å². The number of aromatic nitrogens is 2. The Hall–Kier alpha value is -0.870. The average Bonchev–Trinajstić information content (AvgIpc) is 2.74. The number of aromatic amines is 1. The van der Waals surface area contributed by atoms with E-state index in [9.17, 15) is 0 Å². The van der Waals surface area contributed by atoms with Crippen LogP contribution in [0.15, 0.2) is 22.9 Å². The van der Waals surface area contributed by atoms with E-state index >= 15 is 0 Å². The van der Waals surface area contributed by atoms with Crippen LogP contribution in [-0.4, -0.2) is 16.5 Å². The van der Waals surface area contributed by atoms with E-state index < -0.39 is 0 Å². The fraction of sp³-hybridized carbons (Fsp3) is 0.462. The molecule has 0 amide bonds. The first-order chi connectivity index (χ1) is 8.24. The number of nitrogens with one attached hydrogen (secondary N) is 2. The molecule has 1 spiro atoms. The van der Waals surface area contributed by atoms with E-state index in [4.69, 9.17) is 0 Å². The van der Waals surface area contributed by atoms with Gasteiger partial charge in [-0.3, -0.25) is 0 Å². The Morgan fingerprint density at radius 2 is 2.24 bits per heavy atom. The van der Waals surface area contributed by atoms with E-state index in [1.165, 1.54) is 42.4 Å². The molecule has 0 aromatic carbocycles. The Morgan fingerprint density at radius 1 is 1.35 bits per heavy atom. The molecule has 17 heavy (non-hydrogen) atoms. The third kappa shape index (κ3) is 1.62. The fourth-order valence-corrected chi connectivity index (χ4v) is 3.24. The van der Waals surface area contributed by atoms with Crippen molar-refractivity contribution in [1.29, 1.82) is 0 Å². The molecule has 2 aliphatic rings. The minimum Gasteiger partial charge on any atom is -0.357 e. The lowest BCUT2D eigenvalue weighted by atomic mass is 10.0. The molecule has 4 heteroatoms. The normalized spacial score (nSPS) is 25.8. The third-order valence-corrected chi connectivity index (χ3v) is 4.62. The molecule has 1 saturated carbocycles. The van der Waals surface area contributed by atoms with Gasteiger partial charge in [0.15, 0.2) is 0 Å². The van der Waals surface area contributed by atoms with Crippen LogP contribution in [0.4, 0.5) is 0 Å². The molecule has 0 radical (unpaired) electrons. The van der Waals surface area contributed by atoms with Gasteiger partial charge in [-0.15, -0.1) is 0 Å². The van der Waals surface area contributed by atoms with Crippen LogP contribution in [0.2, 0.25) is 0 Å². The van der Waals surface area contributed by atoms with Gasteiger partial charge in [-0.2, -0.15) is 0 Å². The highest BCUT2D eigenvalue weighted by atomic mass is 79.9. The Balaban J connectivity index is 1.71. The van der Waals surface area contributed by atoms with Gasteiger partial charge in [0.25, 0.3) is 0 Å². The quantitative estimate of drug-likeness (QED) is 0.793. The van der Waals surface area contributed by atoms with Crippen molar-refractivity contribution in [2.45, 2.75) is 25.3 Å². The van der Waals surface area contributed by atoms with Gasteiger partial charge in [0.2, 0.25) is 0 Å². The third-order valence-electron chi connectivity index (χ3n) is 4.18. The Labute approximate surface area is 108 Å². The molecule has 3 nitrogen and oxygen atoms in total.